The Morgan fingerprint density at radius 1 is 1.31 bits per heavy atom. The fourth-order valence-electron chi connectivity index (χ4n) is 1.69. The van der Waals surface area contributed by atoms with Gasteiger partial charge in [-0.1, -0.05) is 25.1 Å². The van der Waals surface area contributed by atoms with E-state index in [9.17, 15) is 0 Å². The highest BCUT2D eigenvalue weighted by atomic mass is 35.5. The number of hydrogen-bond acceptors (Lipinski definition) is 2. The molecule has 0 aliphatic heterocycles. The van der Waals surface area contributed by atoms with Gasteiger partial charge >= 0.3 is 0 Å². The first-order chi connectivity index (χ1) is 7.85. The SMILES string of the molecule is CCC(CCl)Nc1ccnc2ccccc12. The highest BCUT2D eigenvalue weighted by Crippen LogP contribution is 2.22. The van der Waals surface area contributed by atoms with Gasteiger partial charge in [-0.3, -0.25) is 4.98 Å². The minimum absolute atomic E-state index is 0.312. The molecular weight excluding hydrogens is 220 g/mol. The minimum Gasteiger partial charge on any atom is -0.381 e. The van der Waals surface area contributed by atoms with Crippen molar-refractivity contribution in [2.45, 2.75) is 19.4 Å². The zero-order chi connectivity index (χ0) is 11.4. The lowest BCUT2D eigenvalue weighted by atomic mass is 10.1. The molecule has 1 aromatic carbocycles. The van der Waals surface area contributed by atoms with Crippen molar-refractivity contribution >= 4 is 28.2 Å². The van der Waals surface area contributed by atoms with Gasteiger partial charge in [0.15, 0.2) is 0 Å². The van der Waals surface area contributed by atoms with Gasteiger partial charge in [0.2, 0.25) is 0 Å². The number of anilines is 1. The van der Waals surface area contributed by atoms with Crippen molar-refractivity contribution in [1.29, 1.82) is 0 Å². The Balaban J connectivity index is 2.36. The number of halogens is 1. The fraction of sp³-hybridized carbons (Fsp3) is 0.308. The van der Waals surface area contributed by atoms with Crippen molar-refractivity contribution in [3.05, 3.63) is 36.5 Å². The number of rotatable bonds is 4. The molecule has 2 aromatic rings. The maximum atomic E-state index is 5.89. The molecule has 3 heteroatoms. The maximum Gasteiger partial charge on any atom is 0.0722 e. The average Bonchev–Trinajstić information content (AvgIpc) is 2.36. The number of benzene rings is 1. The number of aromatic nitrogens is 1. The van der Waals surface area contributed by atoms with Crippen LogP contribution >= 0.6 is 11.6 Å². The standard InChI is InChI=1S/C13H15ClN2/c1-2-10(9-14)16-13-7-8-15-12-6-4-3-5-11(12)13/h3-8,10H,2,9H2,1H3,(H,15,16). The summed E-state index contributed by atoms with van der Waals surface area (Å²) in [7, 11) is 0. The monoisotopic (exact) mass is 234 g/mol. The Morgan fingerprint density at radius 2 is 2.12 bits per heavy atom. The van der Waals surface area contributed by atoms with Crippen LogP contribution in [0.1, 0.15) is 13.3 Å². The third-order valence-electron chi connectivity index (χ3n) is 2.69. The molecular formula is C13H15ClN2. The van der Waals surface area contributed by atoms with Gasteiger partial charge in [0.1, 0.15) is 0 Å². The molecule has 1 aromatic heterocycles. The topological polar surface area (TPSA) is 24.9 Å². The summed E-state index contributed by atoms with van der Waals surface area (Å²) in [4.78, 5) is 4.33. The predicted octanol–water partition coefficient (Wildman–Crippen LogP) is 3.66. The second-order valence-electron chi connectivity index (χ2n) is 3.78. The van der Waals surface area contributed by atoms with Crippen molar-refractivity contribution in [2.24, 2.45) is 0 Å². The van der Waals surface area contributed by atoms with Crippen molar-refractivity contribution < 1.29 is 0 Å². The van der Waals surface area contributed by atoms with E-state index in [0.717, 1.165) is 23.0 Å². The summed E-state index contributed by atoms with van der Waals surface area (Å²) in [6.45, 7) is 2.13. The quantitative estimate of drug-likeness (QED) is 0.817. The summed E-state index contributed by atoms with van der Waals surface area (Å²) in [5.74, 6) is 0.618. The average molecular weight is 235 g/mol. The van der Waals surface area contributed by atoms with Crippen LogP contribution in [0.2, 0.25) is 0 Å². The summed E-state index contributed by atoms with van der Waals surface area (Å²) < 4.78 is 0. The molecule has 1 heterocycles. The third-order valence-corrected chi connectivity index (χ3v) is 3.06. The van der Waals surface area contributed by atoms with Crippen LogP contribution in [0.4, 0.5) is 5.69 Å². The maximum absolute atomic E-state index is 5.89. The highest BCUT2D eigenvalue weighted by Gasteiger charge is 2.06. The number of hydrogen-bond donors (Lipinski definition) is 1. The molecule has 2 nitrogen and oxygen atoms in total. The van der Waals surface area contributed by atoms with E-state index < -0.39 is 0 Å². The van der Waals surface area contributed by atoms with Crippen LogP contribution in [0.3, 0.4) is 0 Å². The number of fused-ring (bicyclic) bond motifs is 1. The molecule has 0 saturated heterocycles. The molecule has 0 aliphatic rings. The minimum atomic E-state index is 0.312. The molecule has 16 heavy (non-hydrogen) atoms. The summed E-state index contributed by atoms with van der Waals surface area (Å²) in [5.41, 5.74) is 2.12. The number of nitrogens with zero attached hydrogens (tertiary/aromatic N) is 1. The zero-order valence-corrected chi connectivity index (χ0v) is 10.0. The van der Waals surface area contributed by atoms with Crippen LogP contribution in [-0.2, 0) is 0 Å². The van der Waals surface area contributed by atoms with Crippen LogP contribution in [0.5, 0.6) is 0 Å². The molecule has 0 fully saturated rings. The number of pyridine rings is 1. The molecule has 1 unspecified atom stereocenters. The van der Waals surface area contributed by atoms with Gasteiger partial charge in [-0.15, -0.1) is 11.6 Å². The van der Waals surface area contributed by atoms with Crippen LogP contribution in [0, 0.1) is 0 Å². The molecule has 0 spiro atoms. The van der Waals surface area contributed by atoms with E-state index in [-0.39, 0.29) is 0 Å². The lowest BCUT2D eigenvalue weighted by Gasteiger charge is -2.16. The van der Waals surface area contributed by atoms with E-state index in [1.807, 2.05) is 30.5 Å². The van der Waals surface area contributed by atoms with E-state index in [1.54, 1.807) is 0 Å². The van der Waals surface area contributed by atoms with Gasteiger partial charge < -0.3 is 5.32 Å². The van der Waals surface area contributed by atoms with Crippen LogP contribution in [0.15, 0.2) is 36.5 Å². The summed E-state index contributed by atoms with van der Waals surface area (Å²) in [6.07, 6.45) is 2.84. The predicted molar refractivity (Wildman–Crippen MR) is 70.2 cm³/mol. The molecule has 0 radical (unpaired) electrons. The first-order valence-corrected chi connectivity index (χ1v) is 6.05. The zero-order valence-electron chi connectivity index (χ0n) is 9.28. The molecule has 2 rings (SSSR count). The molecule has 0 saturated carbocycles. The molecule has 0 aliphatic carbocycles. The van der Waals surface area contributed by atoms with Gasteiger partial charge in [0, 0.05) is 29.2 Å². The summed E-state index contributed by atoms with van der Waals surface area (Å²) in [5, 5.41) is 4.60. The molecule has 84 valence electrons. The van der Waals surface area contributed by atoms with E-state index in [0.29, 0.717) is 11.9 Å². The number of alkyl halides is 1. The molecule has 1 atom stereocenters. The third kappa shape index (κ3) is 2.27. The Morgan fingerprint density at radius 3 is 2.88 bits per heavy atom. The highest BCUT2D eigenvalue weighted by molar-refractivity contribution is 6.18. The van der Waals surface area contributed by atoms with E-state index in [2.05, 4.69) is 23.3 Å². The van der Waals surface area contributed by atoms with E-state index in [1.165, 1.54) is 0 Å². The van der Waals surface area contributed by atoms with Gasteiger partial charge in [-0.05, 0) is 18.6 Å². The van der Waals surface area contributed by atoms with Gasteiger partial charge in [0.05, 0.1) is 5.52 Å². The Labute approximate surface area is 101 Å². The van der Waals surface area contributed by atoms with Crippen molar-refractivity contribution in [3.63, 3.8) is 0 Å². The summed E-state index contributed by atoms with van der Waals surface area (Å²) >= 11 is 5.89. The molecule has 0 amide bonds. The summed E-state index contributed by atoms with van der Waals surface area (Å²) in [6, 6.07) is 10.4. The second-order valence-corrected chi connectivity index (χ2v) is 4.09. The van der Waals surface area contributed by atoms with E-state index >= 15 is 0 Å². The van der Waals surface area contributed by atoms with Crippen LogP contribution in [-0.4, -0.2) is 16.9 Å². The first kappa shape index (κ1) is 11.2. The Hall–Kier alpha value is -1.28. The largest absolute Gasteiger partial charge is 0.381 e. The van der Waals surface area contributed by atoms with Gasteiger partial charge in [-0.25, -0.2) is 0 Å². The van der Waals surface area contributed by atoms with Crippen molar-refractivity contribution in [1.82, 2.24) is 4.98 Å². The van der Waals surface area contributed by atoms with Crippen LogP contribution in [0.25, 0.3) is 10.9 Å². The van der Waals surface area contributed by atoms with Gasteiger partial charge in [0.25, 0.3) is 0 Å². The normalized spacial score (nSPS) is 12.6. The van der Waals surface area contributed by atoms with E-state index in [4.69, 9.17) is 11.6 Å². The Kier molecular flexibility index (Phi) is 3.62. The second kappa shape index (κ2) is 5.17. The molecule has 1 N–H and O–H groups in total. The number of nitrogens with one attached hydrogen (secondary N) is 1. The fourth-order valence-corrected chi connectivity index (χ4v) is 1.99. The lowest BCUT2D eigenvalue weighted by Crippen LogP contribution is -2.20. The van der Waals surface area contributed by atoms with Crippen LogP contribution < -0.4 is 5.32 Å². The Bertz CT molecular complexity index is 461. The number of para-hydroxylation sites is 1. The van der Waals surface area contributed by atoms with Gasteiger partial charge in [-0.2, -0.15) is 0 Å². The lowest BCUT2D eigenvalue weighted by molar-refractivity contribution is 0.771. The first-order valence-electron chi connectivity index (χ1n) is 5.51. The smallest absolute Gasteiger partial charge is 0.0722 e. The van der Waals surface area contributed by atoms with Crippen molar-refractivity contribution in [2.75, 3.05) is 11.2 Å². The van der Waals surface area contributed by atoms with Crippen molar-refractivity contribution in [3.8, 4) is 0 Å². The molecule has 0 bridgehead atoms.